The van der Waals surface area contributed by atoms with Gasteiger partial charge >= 0.3 is 17.1 Å². The molecular formula is C23H22FFeN3O+2. The Morgan fingerprint density at radius 2 is 1.66 bits per heavy atom. The molecule has 4 nitrogen and oxygen atoms in total. The Morgan fingerprint density at radius 1 is 1.03 bits per heavy atom. The van der Waals surface area contributed by atoms with Crippen LogP contribution in [-0.2, 0) is 28.4 Å². The van der Waals surface area contributed by atoms with E-state index in [1.165, 1.54) is 18.5 Å². The Labute approximate surface area is 184 Å². The molecule has 6 heteroatoms. The second-order valence-corrected chi connectivity index (χ2v) is 6.16. The van der Waals surface area contributed by atoms with Crippen molar-refractivity contribution in [2.75, 3.05) is 7.11 Å². The standard InChI is InChI=1S/C18H17FN3O.C5H5.Fe/c1-23-18(15-6-8-17(19)9-7-15)16(10-14-4-2-3-5-14)11-22-13-20-12-21-22;1-2-4-5-3-1;/h2-10,12-13,18H,11H2,1H3;1-5H;/q;;+2/b16-10+;;. The normalized spacial score (nSPS) is 18.1. The third kappa shape index (κ3) is 7.69. The molecule has 148 valence electrons. The molecule has 0 bridgehead atoms. The second-order valence-electron chi connectivity index (χ2n) is 6.16. The van der Waals surface area contributed by atoms with Gasteiger partial charge in [-0.15, -0.1) is 0 Å². The van der Waals surface area contributed by atoms with Crippen LogP contribution in [0.1, 0.15) is 11.7 Å². The van der Waals surface area contributed by atoms with E-state index >= 15 is 0 Å². The minimum atomic E-state index is -0.283. The van der Waals surface area contributed by atoms with E-state index in [0.29, 0.717) is 6.54 Å². The van der Waals surface area contributed by atoms with Crippen molar-refractivity contribution in [1.29, 1.82) is 0 Å². The van der Waals surface area contributed by atoms with Gasteiger partial charge in [0.25, 0.3) is 0 Å². The zero-order valence-electron chi connectivity index (χ0n) is 16.0. The molecule has 1 aromatic heterocycles. The van der Waals surface area contributed by atoms with E-state index < -0.39 is 0 Å². The molecule has 2 fully saturated rings. The van der Waals surface area contributed by atoms with Gasteiger partial charge < -0.3 is 4.74 Å². The molecule has 2 saturated carbocycles. The number of hydrogen-bond acceptors (Lipinski definition) is 3. The molecule has 1 atom stereocenters. The molecular weight excluding hydrogens is 409 g/mol. The smallest absolute Gasteiger partial charge is 0.372 e. The van der Waals surface area contributed by atoms with Crippen LogP contribution in [0.2, 0.25) is 0 Å². The van der Waals surface area contributed by atoms with Crippen molar-refractivity contribution in [3.8, 4) is 0 Å². The molecule has 10 radical (unpaired) electrons. The van der Waals surface area contributed by atoms with E-state index in [4.69, 9.17) is 4.74 Å². The number of aromatic nitrogens is 3. The number of methoxy groups -OCH3 is 1. The van der Waals surface area contributed by atoms with E-state index in [0.717, 1.165) is 17.1 Å². The summed E-state index contributed by atoms with van der Waals surface area (Å²) in [4.78, 5) is 3.98. The molecule has 1 unspecified atom stereocenters. The first kappa shape index (κ1) is 23.8. The van der Waals surface area contributed by atoms with Gasteiger partial charge in [0.2, 0.25) is 0 Å². The molecule has 0 spiro atoms. The van der Waals surface area contributed by atoms with Gasteiger partial charge in [0.05, 0.1) is 6.54 Å². The molecule has 1 heterocycles. The predicted octanol–water partition coefficient (Wildman–Crippen LogP) is 4.16. The predicted molar refractivity (Wildman–Crippen MR) is 106 cm³/mol. The van der Waals surface area contributed by atoms with E-state index in [1.807, 2.05) is 57.8 Å². The third-order valence-electron chi connectivity index (χ3n) is 4.15. The Bertz CT molecular complexity index is 701. The molecule has 29 heavy (non-hydrogen) atoms. The fraction of sp³-hybridized carbons (Fsp3) is 0.130. The first-order chi connectivity index (χ1) is 13.8. The van der Waals surface area contributed by atoms with Crippen LogP contribution in [0.5, 0.6) is 0 Å². The summed E-state index contributed by atoms with van der Waals surface area (Å²) < 4.78 is 20.6. The van der Waals surface area contributed by atoms with Crippen molar-refractivity contribution >= 4 is 0 Å². The first-order valence-corrected chi connectivity index (χ1v) is 8.96. The average molecular weight is 431 g/mol. The third-order valence-corrected chi connectivity index (χ3v) is 4.15. The van der Waals surface area contributed by atoms with Crippen LogP contribution in [0, 0.1) is 69.5 Å². The van der Waals surface area contributed by atoms with Crippen LogP contribution in [0.25, 0.3) is 0 Å². The monoisotopic (exact) mass is 431 g/mol. The Balaban J connectivity index is 0.000000437. The SMILES string of the molecule is COC(/C(=C/[C]1[CH][CH][CH][CH]1)Cn1cncn1)c1ccc(F)cc1.[CH]1[CH][CH][CH][CH]1.[Fe+2]. The van der Waals surface area contributed by atoms with Gasteiger partial charge in [-0.3, -0.25) is 0 Å². The van der Waals surface area contributed by atoms with Crippen LogP contribution >= 0.6 is 0 Å². The number of hydrogen-bond donors (Lipinski definition) is 0. The minimum Gasteiger partial charge on any atom is -0.372 e. The van der Waals surface area contributed by atoms with Gasteiger partial charge in [-0.1, -0.05) is 18.2 Å². The molecule has 2 aliphatic carbocycles. The van der Waals surface area contributed by atoms with Crippen LogP contribution in [-0.4, -0.2) is 21.9 Å². The molecule has 0 aliphatic heterocycles. The van der Waals surface area contributed by atoms with Crippen molar-refractivity contribution < 1.29 is 26.2 Å². The fourth-order valence-electron chi connectivity index (χ4n) is 2.86. The zero-order valence-corrected chi connectivity index (χ0v) is 17.1. The number of ether oxygens (including phenoxy) is 1. The van der Waals surface area contributed by atoms with Crippen molar-refractivity contribution in [3.05, 3.63) is 124 Å². The molecule has 0 saturated heterocycles. The average Bonchev–Trinajstić information content (AvgIpc) is 3.49. The summed E-state index contributed by atoms with van der Waals surface area (Å²) in [6.07, 6.45) is 23.0. The van der Waals surface area contributed by atoms with Gasteiger partial charge in [0, 0.05) is 13.0 Å². The van der Waals surface area contributed by atoms with Gasteiger partial charge in [-0.25, -0.2) is 14.1 Å². The van der Waals surface area contributed by atoms with Crippen LogP contribution < -0.4 is 0 Å². The molecule has 1 aromatic carbocycles. The summed E-state index contributed by atoms with van der Waals surface area (Å²) in [7, 11) is 1.65. The summed E-state index contributed by atoms with van der Waals surface area (Å²) in [5.41, 5.74) is 1.91. The number of halogens is 1. The minimum absolute atomic E-state index is 0. The van der Waals surface area contributed by atoms with Crippen molar-refractivity contribution in [3.63, 3.8) is 0 Å². The number of rotatable bonds is 6. The van der Waals surface area contributed by atoms with Crippen LogP contribution in [0.15, 0.2) is 48.6 Å². The van der Waals surface area contributed by atoms with E-state index in [9.17, 15) is 4.39 Å². The molecule has 2 aromatic rings. The molecule has 0 N–H and O–H groups in total. The topological polar surface area (TPSA) is 39.9 Å². The van der Waals surface area contributed by atoms with Gasteiger partial charge in [0.15, 0.2) is 0 Å². The Morgan fingerprint density at radius 3 is 2.17 bits per heavy atom. The van der Waals surface area contributed by atoms with E-state index in [2.05, 4.69) is 16.2 Å². The second kappa shape index (κ2) is 12.9. The van der Waals surface area contributed by atoms with Crippen molar-refractivity contribution in [2.45, 2.75) is 12.6 Å². The summed E-state index contributed by atoms with van der Waals surface area (Å²) >= 11 is 0. The Kier molecular flexibility index (Phi) is 10.6. The number of allylic oxidation sites excluding steroid dienone is 1. The number of benzene rings is 1. The molecule has 4 rings (SSSR count). The van der Waals surface area contributed by atoms with Crippen LogP contribution in [0.3, 0.4) is 0 Å². The van der Waals surface area contributed by atoms with E-state index in [1.54, 1.807) is 30.3 Å². The zero-order chi connectivity index (χ0) is 19.6. The quantitative estimate of drug-likeness (QED) is 0.646. The van der Waals surface area contributed by atoms with Crippen molar-refractivity contribution in [1.82, 2.24) is 14.8 Å². The van der Waals surface area contributed by atoms with E-state index in [-0.39, 0.29) is 29.0 Å². The fourth-order valence-corrected chi connectivity index (χ4v) is 2.86. The molecule has 2 aliphatic rings. The maximum atomic E-state index is 13.2. The largest absolute Gasteiger partial charge is 2.00 e. The maximum Gasteiger partial charge on any atom is 2.00 e. The van der Waals surface area contributed by atoms with Gasteiger partial charge in [-0.05, 0) is 81.1 Å². The van der Waals surface area contributed by atoms with Crippen LogP contribution in [0.4, 0.5) is 4.39 Å². The summed E-state index contributed by atoms with van der Waals surface area (Å²) in [6, 6.07) is 6.36. The summed E-state index contributed by atoms with van der Waals surface area (Å²) in [6.45, 7) is 0.543. The maximum absolute atomic E-state index is 13.2. The van der Waals surface area contributed by atoms with Gasteiger partial charge in [0.1, 0.15) is 24.6 Å². The molecule has 0 amide bonds. The summed E-state index contributed by atoms with van der Waals surface area (Å²) in [5.74, 6) is 0.825. The van der Waals surface area contributed by atoms with Crippen molar-refractivity contribution in [2.24, 2.45) is 0 Å². The first-order valence-electron chi connectivity index (χ1n) is 8.96. The summed E-state index contributed by atoms with van der Waals surface area (Å²) in [5, 5.41) is 4.16. The van der Waals surface area contributed by atoms with Gasteiger partial charge in [-0.2, -0.15) is 5.10 Å². The Hall–Kier alpha value is -1.49. The number of nitrogens with zero attached hydrogens (tertiary/aromatic N) is 3.